The standard InChI is InChI=1S/C24H35N3O3/c1-15(2)22-17(5)25-23(16(3)4)27-20(22)13-26(14-21(27)24(28)30-7)12-18-8-10-19(29-6)11-9-18/h8-11,15-17,21H,12-14H2,1-7H3/t17-,21+/m0/s1. The molecule has 0 aliphatic carbocycles. The van der Waals surface area contributed by atoms with Gasteiger partial charge in [-0.25, -0.2) is 4.79 Å². The fourth-order valence-corrected chi connectivity index (χ4v) is 4.63. The summed E-state index contributed by atoms with van der Waals surface area (Å²) in [7, 11) is 3.14. The Morgan fingerprint density at radius 2 is 1.80 bits per heavy atom. The van der Waals surface area contributed by atoms with Gasteiger partial charge in [0.1, 0.15) is 17.6 Å². The van der Waals surface area contributed by atoms with Crippen LogP contribution in [-0.2, 0) is 16.1 Å². The minimum atomic E-state index is -0.389. The van der Waals surface area contributed by atoms with Crippen molar-refractivity contribution in [3.8, 4) is 5.75 Å². The van der Waals surface area contributed by atoms with Crippen LogP contribution in [0.25, 0.3) is 0 Å². The molecule has 6 heteroatoms. The number of hydrogen-bond donors (Lipinski definition) is 0. The van der Waals surface area contributed by atoms with Crippen molar-refractivity contribution >= 4 is 11.8 Å². The van der Waals surface area contributed by atoms with Crippen molar-refractivity contribution in [3.63, 3.8) is 0 Å². The monoisotopic (exact) mass is 413 g/mol. The Morgan fingerprint density at radius 1 is 1.13 bits per heavy atom. The minimum absolute atomic E-state index is 0.118. The SMILES string of the molecule is COC(=O)[C@H]1CN(Cc2ccc(OC)cc2)CC2=C(C(C)C)[C@H](C)N=C(C(C)C)N21. The van der Waals surface area contributed by atoms with Crippen molar-refractivity contribution < 1.29 is 14.3 Å². The second kappa shape index (κ2) is 9.21. The number of benzene rings is 1. The zero-order valence-corrected chi connectivity index (χ0v) is 19.3. The Labute approximate surface area is 180 Å². The van der Waals surface area contributed by atoms with Gasteiger partial charge >= 0.3 is 5.97 Å². The van der Waals surface area contributed by atoms with Gasteiger partial charge in [0.2, 0.25) is 0 Å². The summed E-state index contributed by atoms with van der Waals surface area (Å²) in [6.07, 6.45) is 0. The molecule has 30 heavy (non-hydrogen) atoms. The molecule has 6 nitrogen and oxygen atoms in total. The lowest BCUT2D eigenvalue weighted by atomic mass is 9.89. The van der Waals surface area contributed by atoms with Crippen molar-refractivity contribution in [1.82, 2.24) is 9.80 Å². The Bertz CT molecular complexity index is 827. The molecule has 0 unspecified atom stereocenters. The maximum Gasteiger partial charge on any atom is 0.330 e. The topological polar surface area (TPSA) is 54.4 Å². The molecular weight excluding hydrogens is 378 g/mol. The molecule has 1 fully saturated rings. The molecule has 2 heterocycles. The number of aliphatic imine (C=N–C) groups is 1. The van der Waals surface area contributed by atoms with Crippen LogP contribution in [0.3, 0.4) is 0 Å². The lowest BCUT2D eigenvalue weighted by molar-refractivity contribution is -0.146. The van der Waals surface area contributed by atoms with E-state index < -0.39 is 0 Å². The molecule has 0 saturated carbocycles. The maximum atomic E-state index is 12.8. The van der Waals surface area contributed by atoms with Gasteiger partial charge in [-0.05, 0) is 36.1 Å². The number of rotatable bonds is 6. The molecule has 2 aliphatic rings. The van der Waals surface area contributed by atoms with Crippen molar-refractivity contribution in [2.24, 2.45) is 16.8 Å². The maximum absolute atomic E-state index is 12.8. The van der Waals surface area contributed by atoms with Crippen molar-refractivity contribution in [2.75, 3.05) is 27.3 Å². The molecule has 2 atom stereocenters. The van der Waals surface area contributed by atoms with Crippen LogP contribution in [0.2, 0.25) is 0 Å². The van der Waals surface area contributed by atoms with Gasteiger partial charge in [-0.1, -0.05) is 39.8 Å². The summed E-state index contributed by atoms with van der Waals surface area (Å²) in [6, 6.07) is 7.86. The Morgan fingerprint density at radius 3 is 2.33 bits per heavy atom. The minimum Gasteiger partial charge on any atom is -0.497 e. The predicted octanol–water partition coefficient (Wildman–Crippen LogP) is 3.72. The van der Waals surface area contributed by atoms with E-state index in [4.69, 9.17) is 14.5 Å². The van der Waals surface area contributed by atoms with E-state index in [2.05, 4.69) is 56.6 Å². The highest BCUT2D eigenvalue weighted by molar-refractivity contribution is 5.92. The first kappa shape index (κ1) is 22.3. The smallest absolute Gasteiger partial charge is 0.330 e. The summed E-state index contributed by atoms with van der Waals surface area (Å²) in [5.41, 5.74) is 3.72. The van der Waals surface area contributed by atoms with Gasteiger partial charge in [0.25, 0.3) is 0 Å². The van der Waals surface area contributed by atoms with Crippen LogP contribution in [0.1, 0.15) is 40.2 Å². The van der Waals surface area contributed by atoms with E-state index in [0.717, 1.165) is 24.7 Å². The third-order valence-electron chi connectivity index (χ3n) is 5.94. The first-order valence-electron chi connectivity index (χ1n) is 10.8. The Balaban J connectivity index is 1.99. The van der Waals surface area contributed by atoms with E-state index in [-0.39, 0.29) is 24.0 Å². The van der Waals surface area contributed by atoms with Crippen LogP contribution in [0, 0.1) is 11.8 Å². The normalized spacial score (nSPS) is 22.3. The van der Waals surface area contributed by atoms with Gasteiger partial charge in [-0.2, -0.15) is 0 Å². The number of amidine groups is 1. The van der Waals surface area contributed by atoms with Crippen molar-refractivity contribution in [1.29, 1.82) is 0 Å². The molecule has 1 saturated heterocycles. The molecule has 164 valence electrons. The van der Waals surface area contributed by atoms with E-state index in [9.17, 15) is 4.79 Å². The number of piperazine rings is 1. The number of fused-ring (bicyclic) bond motifs is 1. The number of methoxy groups -OCH3 is 2. The van der Waals surface area contributed by atoms with E-state index in [0.29, 0.717) is 12.5 Å². The summed E-state index contributed by atoms with van der Waals surface area (Å²) >= 11 is 0. The molecular formula is C24H35N3O3. The molecule has 1 aromatic rings. The van der Waals surface area contributed by atoms with Crippen LogP contribution in [0.4, 0.5) is 0 Å². The number of nitrogens with zero attached hydrogens (tertiary/aromatic N) is 3. The Hall–Kier alpha value is -2.34. The van der Waals surface area contributed by atoms with Crippen LogP contribution in [-0.4, -0.2) is 61.0 Å². The molecule has 0 amide bonds. The van der Waals surface area contributed by atoms with Crippen molar-refractivity contribution in [3.05, 3.63) is 41.1 Å². The van der Waals surface area contributed by atoms with Crippen molar-refractivity contribution in [2.45, 2.75) is 53.2 Å². The first-order valence-corrected chi connectivity index (χ1v) is 10.8. The molecule has 2 aliphatic heterocycles. The largest absolute Gasteiger partial charge is 0.497 e. The van der Waals surface area contributed by atoms with Gasteiger partial charge in [0, 0.05) is 31.2 Å². The average molecular weight is 414 g/mol. The number of carbonyl (C=O) groups excluding carboxylic acids is 1. The highest BCUT2D eigenvalue weighted by Gasteiger charge is 2.43. The summed E-state index contributed by atoms with van der Waals surface area (Å²) in [4.78, 5) is 22.4. The second-order valence-electron chi connectivity index (χ2n) is 8.80. The molecule has 3 rings (SSSR count). The third-order valence-corrected chi connectivity index (χ3v) is 5.94. The zero-order chi connectivity index (χ0) is 22.0. The van der Waals surface area contributed by atoms with Gasteiger partial charge in [0.05, 0.1) is 20.3 Å². The molecule has 0 aromatic heterocycles. The first-order chi connectivity index (χ1) is 14.3. The fraction of sp³-hybridized carbons (Fsp3) is 0.583. The van der Waals surface area contributed by atoms with Crippen LogP contribution < -0.4 is 4.74 Å². The number of ether oxygens (including phenoxy) is 2. The number of esters is 1. The number of hydrogen-bond acceptors (Lipinski definition) is 6. The van der Waals surface area contributed by atoms with E-state index in [1.165, 1.54) is 23.9 Å². The molecule has 0 N–H and O–H groups in total. The van der Waals surface area contributed by atoms with E-state index in [1.54, 1.807) is 7.11 Å². The molecule has 0 spiro atoms. The van der Waals surface area contributed by atoms with Gasteiger partial charge in [0.15, 0.2) is 0 Å². The third kappa shape index (κ3) is 4.38. The van der Waals surface area contributed by atoms with Gasteiger partial charge in [-0.15, -0.1) is 0 Å². The Kier molecular flexibility index (Phi) is 6.86. The van der Waals surface area contributed by atoms with Crippen LogP contribution >= 0.6 is 0 Å². The molecule has 0 bridgehead atoms. The summed E-state index contributed by atoms with van der Waals surface area (Å²) in [5, 5.41) is 0. The zero-order valence-electron chi connectivity index (χ0n) is 19.3. The predicted molar refractivity (Wildman–Crippen MR) is 120 cm³/mol. The summed E-state index contributed by atoms with van der Waals surface area (Å²) in [6.45, 7) is 13.0. The fourth-order valence-electron chi connectivity index (χ4n) is 4.63. The molecule has 1 aromatic carbocycles. The van der Waals surface area contributed by atoms with Gasteiger partial charge in [-0.3, -0.25) is 9.89 Å². The number of carbonyl (C=O) groups is 1. The highest BCUT2D eigenvalue weighted by Crippen LogP contribution is 2.35. The van der Waals surface area contributed by atoms with E-state index in [1.807, 2.05) is 12.1 Å². The lowest BCUT2D eigenvalue weighted by Gasteiger charge is -2.48. The highest BCUT2D eigenvalue weighted by atomic mass is 16.5. The van der Waals surface area contributed by atoms with Gasteiger partial charge < -0.3 is 14.4 Å². The van der Waals surface area contributed by atoms with E-state index >= 15 is 0 Å². The van der Waals surface area contributed by atoms with Crippen LogP contribution in [0.15, 0.2) is 40.5 Å². The summed E-state index contributed by atoms with van der Waals surface area (Å²) in [5.74, 6) is 2.21. The summed E-state index contributed by atoms with van der Waals surface area (Å²) < 4.78 is 10.5. The second-order valence-corrected chi connectivity index (χ2v) is 8.80. The lowest BCUT2D eigenvalue weighted by Crippen LogP contribution is -2.60. The van der Waals surface area contributed by atoms with Crippen LogP contribution in [0.5, 0.6) is 5.75 Å². The molecule has 0 radical (unpaired) electrons. The quantitative estimate of drug-likeness (QED) is 0.666. The average Bonchev–Trinajstić information content (AvgIpc) is 2.71.